The Bertz CT molecular complexity index is 5090. The van der Waals surface area contributed by atoms with Crippen molar-refractivity contribution in [3.63, 3.8) is 0 Å². The van der Waals surface area contributed by atoms with Crippen LogP contribution in [0.3, 0.4) is 0 Å². The summed E-state index contributed by atoms with van der Waals surface area (Å²) in [5.41, 5.74) is 16.8. The van der Waals surface area contributed by atoms with Crippen molar-refractivity contribution in [2.75, 3.05) is 0 Å². The molecule has 374 valence electrons. The topological polar surface area (TPSA) is 67.3 Å². The minimum atomic E-state index is -0.720. The van der Waals surface area contributed by atoms with Crippen LogP contribution < -0.4 is 0 Å². The van der Waals surface area contributed by atoms with Crippen LogP contribution in [0.4, 0.5) is 0 Å². The van der Waals surface area contributed by atoms with Crippen molar-refractivity contribution in [3.05, 3.63) is 300 Å². The summed E-state index contributed by atoms with van der Waals surface area (Å²) in [5, 5.41) is 34.1. The molecule has 0 amide bonds. The maximum Gasteiger partial charge on any atom is 0.104 e. The van der Waals surface area contributed by atoms with Gasteiger partial charge in [-0.2, -0.15) is 10.5 Å². The second-order valence-electron chi connectivity index (χ2n) is 21.2. The van der Waals surface area contributed by atoms with Gasteiger partial charge >= 0.3 is 0 Å². The quantitative estimate of drug-likeness (QED) is 0.167. The minimum Gasteiger partial charge on any atom is -0.306 e. The van der Waals surface area contributed by atoms with Gasteiger partial charge in [0.1, 0.15) is 23.3 Å². The number of aromatic nitrogens is 4. The molecule has 1 aliphatic rings. The van der Waals surface area contributed by atoms with Crippen molar-refractivity contribution < 1.29 is 0 Å². The van der Waals surface area contributed by atoms with Crippen molar-refractivity contribution in [1.82, 2.24) is 18.3 Å². The fourth-order valence-corrected chi connectivity index (χ4v) is 14.5. The third kappa shape index (κ3) is 5.82. The number of para-hydroxylation sites is 7. The Labute approximate surface area is 465 Å². The molecule has 12 aromatic carbocycles. The van der Waals surface area contributed by atoms with Crippen LogP contribution in [0.1, 0.15) is 33.4 Å². The van der Waals surface area contributed by atoms with Gasteiger partial charge in [-0.3, -0.25) is 0 Å². The molecule has 16 aromatic rings. The zero-order valence-corrected chi connectivity index (χ0v) is 43.6. The summed E-state index contributed by atoms with van der Waals surface area (Å²) in [6, 6.07) is 101. The molecule has 0 aliphatic heterocycles. The molecule has 0 N–H and O–H groups in total. The van der Waals surface area contributed by atoms with E-state index < -0.39 is 5.41 Å². The van der Waals surface area contributed by atoms with Crippen molar-refractivity contribution in [2.45, 2.75) is 5.41 Å². The Hall–Kier alpha value is -11.2. The molecule has 0 saturated heterocycles. The first kappa shape index (κ1) is 44.9. The van der Waals surface area contributed by atoms with E-state index in [1.165, 1.54) is 5.56 Å². The third-order valence-electron chi connectivity index (χ3n) is 17.5. The van der Waals surface area contributed by atoms with Crippen LogP contribution in [-0.2, 0) is 5.41 Å². The van der Waals surface area contributed by atoms with Crippen LogP contribution in [0.15, 0.2) is 267 Å². The molecule has 1 aliphatic carbocycles. The summed E-state index contributed by atoms with van der Waals surface area (Å²) in [4.78, 5) is 0. The highest BCUT2D eigenvalue weighted by Gasteiger charge is 2.47. The minimum absolute atomic E-state index is 0.364. The number of benzene rings is 12. The van der Waals surface area contributed by atoms with Crippen LogP contribution in [-0.4, -0.2) is 18.3 Å². The summed E-state index contributed by atoms with van der Waals surface area (Å²) in [6.45, 7) is 0. The number of hydrogen-bond donors (Lipinski definition) is 0. The van der Waals surface area contributed by atoms with Gasteiger partial charge in [0.25, 0.3) is 0 Å². The van der Waals surface area contributed by atoms with Crippen LogP contribution in [0, 0.1) is 22.7 Å². The molecule has 0 bridgehead atoms. The molecule has 0 atom stereocenters. The predicted molar refractivity (Wildman–Crippen MR) is 331 cm³/mol. The van der Waals surface area contributed by atoms with E-state index in [2.05, 4.69) is 297 Å². The Morgan fingerprint density at radius 3 is 0.975 bits per heavy atom. The lowest BCUT2D eigenvalue weighted by Crippen LogP contribution is -2.28. The molecule has 81 heavy (non-hydrogen) atoms. The van der Waals surface area contributed by atoms with Gasteiger partial charge < -0.3 is 18.3 Å². The molecule has 0 fully saturated rings. The molecular weight excluding hydrogens is 985 g/mol. The zero-order chi connectivity index (χ0) is 53.5. The second-order valence-corrected chi connectivity index (χ2v) is 21.2. The number of hydrogen-bond acceptors (Lipinski definition) is 2. The fourth-order valence-electron chi connectivity index (χ4n) is 14.5. The largest absolute Gasteiger partial charge is 0.306 e. The first-order valence-electron chi connectivity index (χ1n) is 27.5. The summed E-state index contributed by atoms with van der Waals surface area (Å²) in [6.07, 6.45) is 0. The summed E-state index contributed by atoms with van der Waals surface area (Å²) in [7, 11) is 0. The van der Waals surface area contributed by atoms with Crippen LogP contribution >= 0.6 is 0 Å². The van der Waals surface area contributed by atoms with E-state index in [1.807, 2.05) is 0 Å². The highest BCUT2D eigenvalue weighted by molar-refractivity contribution is 6.19. The van der Waals surface area contributed by atoms with Crippen LogP contribution in [0.2, 0.25) is 0 Å². The maximum atomic E-state index is 12.8. The van der Waals surface area contributed by atoms with E-state index >= 15 is 0 Å². The average Bonchev–Trinajstić information content (AvgIpc) is 3.83. The molecule has 17 rings (SSSR count). The highest BCUT2D eigenvalue weighted by atomic mass is 15.1. The van der Waals surface area contributed by atoms with Crippen LogP contribution in [0.25, 0.3) is 121 Å². The first-order chi connectivity index (χ1) is 40.2. The molecule has 6 nitrogen and oxygen atoms in total. The summed E-state index contributed by atoms with van der Waals surface area (Å²) < 4.78 is 9.26. The van der Waals surface area contributed by atoms with E-state index in [-0.39, 0.29) is 0 Å². The molecule has 4 aromatic heterocycles. The van der Waals surface area contributed by atoms with Gasteiger partial charge in [-0.1, -0.05) is 224 Å². The Balaban J connectivity index is 1.17. The maximum absolute atomic E-state index is 12.8. The zero-order valence-electron chi connectivity index (χ0n) is 43.6. The van der Waals surface area contributed by atoms with Crippen molar-refractivity contribution in [3.8, 4) is 46.0 Å². The van der Waals surface area contributed by atoms with Gasteiger partial charge in [-0.15, -0.1) is 0 Å². The van der Waals surface area contributed by atoms with Gasteiger partial charge in [-0.25, -0.2) is 0 Å². The van der Waals surface area contributed by atoms with Crippen molar-refractivity contribution in [1.29, 1.82) is 10.5 Å². The number of nitrogens with zero attached hydrogens (tertiary/aromatic N) is 6. The Morgan fingerprint density at radius 2 is 0.580 bits per heavy atom. The second kappa shape index (κ2) is 16.9. The highest BCUT2D eigenvalue weighted by Crippen LogP contribution is 2.59. The first-order valence-corrected chi connectivity index (χ1v) is 27.5. The van der Waals surface area contributed by atoms with Crippen molar-refractivity contribution >= 4 is 87.2 Å². The Kier molecular flexibility index (Phi) is 9.37. The van der Waals surface area contributed by atoms with E-state index in [0.29, 0.717) is 33.9 Å². The third-order valence-corrected chi connectivity index (χ3v) is 17.5. The van der Waals surface area contributed by atoms with Gasteiger partial charge in [0, 0.05) is 48.7 Å². The van der Waals surface area contributed by atoms with E-state index in [9.17, 15) is 10.5 Å². The van der Waals surface area contributed by atoms with E-state index in [0.717, 1.165) is 115 Å². The molecular formula is C75H44N6. The molecule has 0 radical (unpaired) electrons. The molecule has 6 heteroatoms. The lowest BCUT2D eigenvalue weighted by Gasteiger charge is -2.33. The van der Waals surface area contributed by atoms with E-state index in [4.69, 9.17) is 0 Å². The number of nitriles is 2. The number of rotatable bonds is 6. The van der Waals surface area contributed by atoms with Crippen molar-refractivity contribution in [2.24, 2.45) is 0 Å². The molecule has 4 heterocycles. The van der Waals surface area contributed by atoms with Gasteiger partial charge in [-0.05, 0) is 70.3 Å². The van der Waals surface area contributed by atoms with Gasteiger partial charge in [0.15, 0.2) is 0 Å². The average molecular weight is 1030 g/mol. The smallest absolute Gasteiger partial charge is 0.104 e. The lowest BCUT2D eigenvalue weighted by molar-refractivity contribution is 0.769. The summed E-state index contributed by atoms with van der Waals surface area (Å²) >= 11 is 0. The fraction of sp³-hybridized carbons (Fsp3) is 0.0133. The van der Waals surface area contributed by atoms with Gasteiger partial charge in [0.05, 0.1) is 72.3 Å². The van der Waals surface area contributed by atoms with Crippen LogP contribution in [0.5, 0.6) is 0 Å². The normalized spacial score (nSPS) is 12.8. The lowest BCUT2D eigenvalue weighted by atomic mass is 9.67. The molecule has 0 unspecified atom stereocenters. The summed E-state index contributed by atoms with van der Waals surface area (Å²) in [5.74, 6) is 0. The Morgan fingerprint density at radius 1 is 0.259 bits per heavy atom. The predicted octanol–water partition coefficient (Wildman–Crippen LogP) is 18.2. The molecule has 0 saturated carbocycles. The van der Waals surface area contributed by atoms with Gasteiger partial charge in [0.2, 0.25) is 0 Å². The molecule has 0 spiro atoms. The standard InChI is InChI=1S/C75H44N6/c76-45-58-70(81-68-42-22-14-33-55(68)56-43-44-61-69(71(56)81)57-34-7-15-35-60(57)75(61,47-23-3-1-4-24-47)48-25-5-2-6-26-48)59(46-77)73(79-64-38-18-10-29-51(64)52-30-11-19-39-65(52)79)74(80-66-40-20-12-31-53(66)54-32-13-21-41-67(54)80)72(58)78-62-36-16-8-27-49(62)50-28-9-17-37-63(50)78/h1-44H. The monoisotopic (exact) mass is 1030 g/mol. The van der Waals surface area contributed by atoms with E-state index in [1.54, 1.807) is 0 Å². The number of fused-ring (bicyclic) bond motifs is 16. The SMILES string of the molecule is N#Cc1c(-n2c3ccccc3c3ccccc32)c(-n2c3ccccc3c3ccccc32)c(-n2c3ccccc3c3ccccc32)c(C#N)c1-n1c2ccccc2c2ccc3c(c21)-c1ccccc1C3(c1ccccc1)c1ccccc1.